The molecule has 0 radical (unpaired) electrons. The van der Waals surface area contributed by atoms with Gasteiger partial charge in [0.15, 0.2) is 0 Å². The third-order valence-electron chi connectivity index (χ3n) is 10.2. The van der Waals surface area contributed by atoms with E-state index in [0.29, 0.717) is 0 Å². The van der Waals surface area contributed by atoms with Crippen LogP contribution in [0.5, 0.6) is 0 Å². The van der Waals surface area contributed by atoms with Gasteiger partial charge in [0.2, 0.25) is 0 Å². The Morgan fingerprint density at radius 3 is 1.50 bits per heavy atom. The van der Waals surface area contributed by atoms with Gasteiger partial charge in [-0.1, -0.05) is 147 Å². The SMILES string of the molecule is CC1(C)c2ccccc2-c2c(Nc3ccc(-c4ccc(-c5ccc6cc(-c7ccc8ccccc8c7)ccc6c5)cc4)cc3)cccc21. The van der Waals surface area contributed by atoms with Gasteiger partial charge in [-0.15, -0.1) is 0 Å². The molecular formula is C47H35N. The molecule has 0 atom stereocenters. The Hall–Kier alpha value is -5.92. The van der Waals surface area contributed by atoms with E-state index in [1.807, 2.05) is 0 Å². The van der Waals surface area contributed by atoms with Gasteiger partial charge in [0.1, 0.15) is 0 Å². The van der Waals surface area contributed by atoms with Crippen LogP contribution in [0.3, 0.4) is 0 Å². The predicted octanol–water partition coefficient (Wildman–Crippen LogP) is 13.0. The van der Waals surface area contributed by atoms with E-state index in [9.17, 15) is 0 Å². The minimum atomic E-state index is -0.00551. The van der Waals surface area contributed by atoms with Crippen molar-refractivity contribution in [3.05, 3.63) is 181 Å². The number of benzene rings is 8. The molecular weight excluding hydrogens is 579 g/mol. The second-order valence-electron chi connectivity index (χ2n) is 13.5. The summed E-state index contributed by atoms with van der Waals surface area (Å²) in [6.07, 6.45) is 0. The minimum Gasteiger partial charge on any atom is -0.355 e. The maximum atomic E-state index is 3.73. The molecule has 1 heteroatoms. The van der Waals surface area contributed by atoms with Crippen LogP contribution in [0.25, 0.3) is 66.1 Å². The van der Waals surface area contributed by atoms with Crippen molar-refractivity contribution in [2.75, 3.05) is 5.32 Å². The molecule has 1 aliphatic rings. The first-order valence-electron chi connectivity index (χ1n) is 16.8. The molecule has 0 aromatic heterocycles. The van der Waals surface area contributed by atoms with Crippen LogP contribution in [0.15, 0.2) is 170 Å². The molecule has 0 aliphatic heterocycles. The number of anilines is 2. The Balaban J connectivity index is 0.938. The number of hydrogen-bond donors (Lipinski definition) is 1. The maximum Gasteiger partial charge on any atom is 0.0467 e. The van der Waals surface area contributed by atoms with E-state index in [0.717, 1.165) is 11.4 Å². The van der Waals surface area contributed by atoms with Crippen LogP contribution in [-0.4, -0.2) is 0 Å². The molecule has 0 saturated heterocycles. The van der Waals surface area contributed by atoms with Gasteiger partial charge in [-0.05, 0) is 108 Å². The Morgan fingerprint density at radius 2 is 0.833 bits per heavy atom. The van der Waals surface area contributed by atoms with E-state index in [1.54, 1.807) is 0 Å². The second-order valence-corrected chi connectivity index (χ2v) is 13.5. The lowest BCUT2D eigenvalue weighted by molar-refractivity contribution is 0.660. The summed E-state index contributed by atoms with van der Waals surface area (Å²) in [5.74, 6) is 0. The first-order chi connectivity index (χ1) is 23.5. The monoisotopic (exact) mass is 613 g/mol. The quantitative estimate of drug-likeness (QED) is 0.204. The Morgan fingerprint density at radius 1 is 0.375 bits per heavy atom. The minimum absolute atomic E-state index is 0.00551. The van der Waals surface area contributed by atoms with Crippen molar-refractivity contribution in [3.8, 4) is 44.5 Å². The van der Waals surface area contributed by atoms with Gasteiger partial charge in [0.05, 0.1) is 0 Å². The van der Waals surface area contributed by atoms with Crippen LogP contribution < -0.4 is 5.32 Å². The van der Waals surface area contributed by atoms with Crippen molar-refractivity contribution in [2.24, 2.45) is 0 Å². The number of hydrogen-bond acceptors (Lipinski definition) is 1. The normalized spacial score (nSPS) is 13.0. The first-order valence-corrected chi connectivity index (χ1v) is 16.8. The molecule has 0 unspecified atom stereocenters. The molecule has 228 valence electrons. The van der Waals surface area contributed by atoms with E-state index in [-0.39, 0.29) is 5.41 Å². The van der Waals surface area contributed by atoms with Crippen LogP contribution in [0, 0.1) is 0 Å². The fourth-order valence-electron chi connectivity index (χ4n) is 7.59. The van der Waals surface area contributed by atoms with Crippen molar-refractivity contribution < 1.29 is 0 Å². The molecule has 0 spiro atoms. The van der Waals surface area contributed by atoms with Crippen LogP contribution in [-0.2, 0) is 5.41 Å². The molecule has 48 heavy (non-hydrogen) atoms. The number of fused-ring (bicyclic) bond motifs is 5. The molecule has 1 nitrogen and oxygen atoms in total. The Bertz CT molecular complexity index is 2480. The van der Waals surface area contributed by atoms with Crippen molar-refractivity contribution >= 4 is 32.9 Å². The highest BCUT2D eigenvalue weighted by Gasteiger charge is 2.36. The van der Waals surface area contributed by atoms with Gasteiger partial charge in [-0.25, -0.2) is 0 Å². The van der Waals surface area contributed by atoms with Gasteiger partial charge >= 0.3 is 0 Å². The summed E-state index contributed by atoms with van der Waals surface area (Å²) >= 11 is 0. The zero-order valence-corrected chi connectivity index (χ0v) is 27.2. The van der Waals surface area contributed by atoms with Gasteiger partial charge in [0, 0.05) is 22.4 Å². The summed E-state index contributed by atoms with van der Waals surface area (Å²) in [5, 5.41) is 8.77. The highest BCUT2D eigenvalue weighted by atomic mass is 14.9. The molecule has 9 rings (SSSR count). The largest absolute Gasteiger partial charge is 0.355 e. The van der Waals surface area contributed by atoms with Crippen molar-refractivity contribution in [3.63, 3.8) is 0 Å². The molecule has 8 aromatic rings. The smallest absolute Gasteiger partial charge is 0.0467 e. The van der Waals surface area contributed by atoms with E-state index in [1.165, 1.54) is 77.2 Å². The van der Waals surface area contributed by atoms with Crippen LogP contribution in [0.1, 0.15) is 25.0 Å². The summed E-state index contributed by atoms with van der Waals surface area (Å²) in [6.45, 7) is 4.65. The van der Waals surface area contributed by atoms with Gasteiger partial charge in [0.25, 0.3) is 0 Å². The van der Waals surface area contributed by atoms with Crippen LogP contribution in [0.4, 0.5) is 11.4 Å². The number of rotatable bonds is 5. The lowest BCUT2D eigenvalue weighted by Gasteiger charge is -2.21. The molecule has 0 bridgehead atoms. The zero-order valence-electron chi connectivity index (χ0n) is 27.2. The Labute approximate surface area is 282 Å². The lowest BCUT2D eigenvalue weighted by atomic mass is 9.82. The Kier molecular flexibility index (Phi) is 6.55. The van der Waals surface area contributed by atoms with E-state index >= 15 is 0 Å². The predicted molar refractivity (Wildman–Crippen MR) is 205 cm³/mol. The first kappa shape index (κ1) is 28.3. The molecule has 0 saturated carbocycles. The summed E-state index contributed by atoms with van der Waals surface area (Å²) in [7, 11) is 0. The van der Waals surface area contributed by atoms with Crippen molar-refractivity contribution in [2.45, 2.75) is 19.3 Å². The highest BCUT2D eigenvalue weighted by molar-refractivity contribution is 5.94. The fourth-order valence-corrected chi connectivity index (χ4v) is 7.59. The number of nitrogens with one attached hydrogen (secondary N) is 1. The van der Waals surface area contributed by atoms with Crippen molar-refractivity contribution in [1.82, 2.24) is 0 Å². The third-order valence-corrected chi connectivity index (χ3v) is 10.2. The van der Waals surface area contributed by atoms with E-state index in [2.05, 4.69) is 189 Å². The van der Waals surface area contributed by atoms with Crippen LogP contribution in [0.2, 0.25) is 0 Å². The average Bonchev–Trinajstić information content (AvgIpc) is 3.38. The summed E-state index contributed by atoms with van der Waals surface area (Å²) in [4.78, 5) is 0. The van der Waals surface area contributed by atoms with Crippen LogP contribution >= 0.6 is 0 Å². The molecule has 8 aromatic carbocycles. The molecule has 0 amide bonds. The summed E-state index contributed by atoms with van der Waals surface area (Å²) < 4.78 is 0. The van der Waals surface area contributed by atoms with Crippen molar-refractivity contribution in [1.29, 1.82) is 0 Å². The molecule has 0 heterocycles. The van der Waals surface area contributed by atoms with Gasteiger partial charge in [-0.2, -0.15) is 0 Å². The highest BCUT2D eigenvalue weighted by Crippen LogP contribution is 2.51. The van der Waals surface area contributed by atoms with Gasteiger partial charge in [-0.3, -0.25) is 0 Å². The van der Waals surface area contributed by atoms with E-state index in [4.69, 9.17) is 0 Å². The molecule has 0 fully saturated rings. The van der Waals surface area contributed by atoms with Gasteiger partial charge < -0.3 is 5.32 Å². The topological polar surface area (TPSA) is 12.0 Å². The second kappa shape index (κ2) is 11.1. The lowest BCUT2D eigenvalue weighted by Crippen LogP contribution is -2.14. The average molecular weight is 614 g/mol. The maximum absolute atomic E-state index is 3.73. The fraction of sp³-hybridized carbons (Fsp3) is 0.0638. The summed E-state index contributed by atoms with van der Waals surface area (Å²) in [6, 6.07) is 62.0. The summed E-state index contributed by atoms with van der Waals surface area (Å²) in [5.41, 5.74) is 15.0. The molecule has 1 N–H and O–H groups in total. The third kappa shape index (κ3) is 4.79. The zero-order chi connectivity index (χ0) is 32.2. The van der Waals surface area contributed by atoms with E-state index < -0.39 is 0 Å². The standard InChI is InChI=1S/C47H35N/c1-47(2)43-11-6-5-10-42(43)46-44(47)12-7-13-45(46)48-41-26-24-33(25-27-41)32-14-16-34(17-15-32)36-20-21-39-30-40(23-22-38(39)29-36)37-19-18-31-8-3-4-9-35(31)28-37/h3-30,48H,1-2H3. The molecule has 1 aliphatic carbocycles.